The Morgan fingerprint density at radius 3 is 2.88 bits per heavy atom. The normalized spacial score (nSPS) is 18.6. The maximum absolute atomic E-state index is 11.6. The molecule has 0 bridgehead atoms. The van der Waals surface area contributed by atoms with Crippen molar-refractivity contribution in [2.45, 2.75) is 19.8 Å². The van der Waals surface area contributed by atoms with Gasteiger partial charge >= 0.3 is 0 Å². The number of rotatable bonds is 2. The number of carbonyl (C=O) groups excluding carboxylic acids is 1. The third-order valence-corrected chi connectivity index (χ3v) is 3.17. The molecule has 1 aromatic rings. The van der Waals surface area contributed by atoms with Crippen molar-refractivity contribution in [3.63, 3.8) is 0 Å². The first-order chi connectivity index (χ1) is 8.29. The number of likely N-dealkylation sites (tertiary alicyclic amines) is 1. The summed E-state index contributed by atoms with van der Waals surface area (Å²) in [6.45, 7) is 3.41. The second kappa shape index (κ2) is 5.54. The average molecular weight is 227 g/mol. The third-order valence-electron chi connectivity index (χ3n) is 3.17. The summed E-state index contributed by atoms with van der Waals surface area (Å²) in [6.07, 6.45) is 2.15. The standard InChI is InChI=1S/C15H17NO/c1-2-6-15(17)16-10-9-14(12-16)11-13-7-4-3-5-8-13/h3-5,7-8,14H,9-12H2,1H3. The topological polar surface area (TPSA) is 20.3 Å². The van der Waals surface area contributed by atoms with Gasteiger partial charge in [-0.25, -0.2) is 0 Å². The zero-order valence-corrected chi connectivity index (χ0v) is 10.1. The molecule has 1 fully saturated rings. The van der Waals surface area contributed by atoms with Crippen LogP contribution in [0.3, 0.4) is 0 Å². The van der Waals surface area contributed by atoms with Crippen LogP contribution in [0.15, 0.2) is 30.3 Å². The van der Waals surface area contributed by atoms with E-state index >= 15 is 0 Å². The van der Waals surface area contributed by atoms with Crippen molar-refractivity contribution >= 4 is 5.91 Å². The predicted molar refractivity (Wildman–Crippen MR) is 68.3 cm³/mol. The molecular weight excluding hydrogens is 210 g/mol. The summed E-state index contributed by atoms with van der Waals surface area (Å²) in [6, 6.07) is 10.5. The van der Waals surface area contributed by atoms with E-state index in [-0.39, 0.29) is 5.91 Å². The summed E-state index contributed by atoms with van der Waals surface area (Å²) in [5.74, 6) is 5.83. The van der Waals surface area contributed by atoms with Crippen LogP contribution in [0.2, 0.25) is 0 Å². The zero-order valence-electron chi connectivity index (χ0n) is 10.1. The minimum absolute atomic E-state index is 0.0249. The van der Waals surface area contributed by atoms with Gasteiger partial charge in [-0.3, -0.25) is 4.79 Å². The summed E-state index contributed by atoms with van der Waals surface area (Å²) in [5, 5.41) is 0. The minimum Gasteiger partial charge on any atom is -0.332 e. The monoisotopic (exact) mass is 227 g/mol. The molecule has 1 amide bonds. The van der Waals surface area contributed by atoms with Gasteiger partial charge in [0.2, 0.25) is 0 Å². The number of hydrogen-bond acceptors (Lipinski definition) is 1. The van der Waals surface area contributed by atoms with Gasteiger partial charge in [0.05, 0.1) is 0 Å². The summed E-state index contributed by atoms with van der Waals surface area (Å²) < 4.78 is 0. The first-order valence-electron chi connectivity index (χ1n) is 6.05. The molecule has 1 heterocycles. The van der Waals surface area contributed by atoms with Crippen molar-refractivity contribution in [2.24, 2.45) is 5.92 Å². The fourth-order valence-electron chi connectivity index (χ4n) is 2.32. The van der Waals surface area contributed by atoms with Gasteiger partial charge in [0.25, 0.3) is 5.91 Å². The Kier molecular flexibility index (Phi) is 3.82. The SMILES string of the molecule is CC#CC(=O)N1CCC(Cc2ccccc2)C1. The van der Waals surface area contributed by atoms with E-state index in [1.54, 1.807) is 6.92 Å². The second-order valence-electron chi connectivity index (χ2n) is 4.47. The lowest BCUT2D eigenvalue weighted by Crippen LogP contribution is -2.27. The smallest absolute Gasteiger partial charge is 0.298 e. The molecule has 0 spiro atoms. The minimum atomic E-state index is -0.0249. The summed E-state index contributed by atoms with van der Waals surface area (Å²) in [7, 11) is 0. The van der Waals surface area contributed by atoms with Crippen LogP contribution in [0.4, 0.5) is 0 Å². The molecule has 2 heteroatoms. The van der Waals surface area contributed by atoms with Crippen molar-refractivity contribution in [1.82, 2.24) is 4.90 Å². The van der Waals surface area contributed by atoms with Crippen molar-refractivity contribution < 1.29 is 4.79 Å². The summed E-state index contributed by atoms with van der Waals surface area (Å²) in [5.41, 5.74) is 1.35. The highest BCUT2D eigenvalue weighted by molar-refractivity contribution is 5.93. The Hall–Kier alpha value is -1.75. The Morgan fingerprint density at radius 1 is 1.41 bits per heavy atom. The molecule has 1 aliphatic rings. The second-order valence-corrected chi connectivity index (χ2v) is 4.47. The molecule has 2 nitrogen and oxygen atoms in total. The van der Waals surface area contributed by atoms with E-state index in [2.05, 4.69) is 36.1 Å². The molecule has 2 rings (SSSR count). The van der Waals surface area contributed by atoms with Crippen LogP contribution in [-0.2, 0) is 11.2 Å². The fourth-order valence-corrected chi connectivity index (χ4v) is 2.32. The highest BCUT2D eigenvalue weighted by atomic mass is 16.2. The van der Waals surface area contributed by atoms with Crippen LogP contribution in [0.5, 0.6) is 0 Å². The number of hydrogen-bond donors (Lipinski definition) is 0. The Bertz CT molecular complexity index is 441. The van der Waals surface area contributed by atoms with Crippen molar-refractivity contribution in [3.8, 4) is 11.8 Å². The molecule has 0 N–H and O–H groups in total. The van der Waals surface area contributed by atoms with E-state index < -0.39 is 0 Å². The van der Waals surface area contributed by atoms with Gasteiger partial charge in [-0.05, 0) is 37.2 Å². The lowest BCUT2D eigenvalue weighted by atomic mass is 9.99. The molecule has 1 unspecified atom stereocenters. The van der Waals surface area contributed by atoms with Crippen LogP contribution >= 0.6 is 0 Å². The zero-order chi connectivity index (χ0) is 12.1. The quantitative estimate of drug-likeness (QED) is 0.709. The van der Waals surface area contributed by atoms with Crippen LogP contribution < -0.4 is 0 Å². The molecular formula is C15H17NO. The number of amides is 1. The van der Waals surface area contributed by atoms with Crippen LogP contribution in [-0.4, -0.2) is 23.9 Å². The first-order valence-corrected chi connectivity index (χ1v) is 6.05. The molecule has 0 aliphatic carbocycles. The highest BCUT2D eigenvalue weighted by Crippen LogP contribution is 2.20. The Morgan fingerprint density at radius 2 is 2.18 bits per heavy atom. The van der Waals surface area contributed by atoms with Gasteiger partial charge in [-0.15, -0.1) is 0 Å². The van der Waals surface area contributed by atoms with Gasteiger partial charge in [0.1, 0.15) is 0 Å². The summed E-state index contributed by atoms with van der Waals surface area (Å²) in [4.78, 5) is 13.5. The highest BCUT2D eigenvalue weighted by Gasteiger charge is 2.25. The number of benzene rings is 1. The van der Waals surface area contributed by atoms with Gasteiger partial charge in [0, 0.05) is 13.1 Å². The van der Waals surface area contributed by atoms with E-state index in [9.17, 15) is 4.79 Å². The lowest BCUT2D eigenvalue weighted by molar-refractivity contribution is -0.124. The van der Waals surface area contributed by atoms with E-state index in [1.807, 2.05) is 11.0 Å². The van der Waals surface area contributed by atoms with Crippen molar-refractivity contribution in [2.75, 3.05) is 13.1 Å². The molecule has 88 valence electrons. The van der Waals surface area contributed by atoms with E-state index in [0.717, 1.165) is 25.9 Å². The number of carbonyl (C=O) groups is 1. The van der Waals surface area contributed by atoms with Crippen molar-refractivity contribution in [3.05, 3.63) is 35.9 Å². The molecule has 1 atom stereocenters. The first kappa shape index (κ1) is 11.7. The molecule has 0 saturated carbocycles. The van der Waals surface area contributed by atoms with Crippen LogP contribution in [0.25, 0.3) is 0 Å². The van der Waals surface area contributed by atoms with Crippen LogP contribution in [0.1, 0.15) is 18.9 Å². The average Bonchev–Trinajstić information content (AvgIpc) is 2.79. The molecule has 1 saturated heterocycles. The van der Waals surface area contributed by atoms with Crippen molar-refractivity contribution in [1.29, 1.82) is 0 Å². The van der Waals surface area contributed by atoms with E-state index in [1.165, 1.54) is 5.56 Å². The van der Waals surface area contributed by atoms with Gasteiger partial charge in [-0.2, -0.15) is 0 Å². The number of nitrogens with zero attached hydrogens (tertiary/aromatic N) is 1. The third kappa shape index (κ3) is 3.10. The largest absolute Gasteiger partial charge is 0.332 e. The molecule has 0 radical (unpaired) electrons. The molecule has 1 aliphatic heterocycles. The lowest BCUT2D eigenvalue weighted by Gasteiger charge is -2.13. The van der Waals surface area contributed by atoms with Crippen LogP contribution in [0, 0.1) is 17.8 Å². The van der Waals surface area contributed by atoms with Gasteiger partial charge < -0.3 is 4.90 Å². The van der Waals surface area contributed by atoms with E-state index in [0.29, 0.717) is 5.92 Å². The Balaban J connectivity index is 1.90. The molecule has 17 heavy (non-hydrogen) atoms. The summed E-state index contributed by atoms with van der Waals surface area (Å²) >= 11 is 0. The maximum Gasteiger partial charge on any atom is 0.298 e. The maximum atomic E-state index is 11.6. The van der Waals surface area contributed by atoms with Gasteiger partial charge in [-0.1, -0.05) is 36.3 Å². The van der Waals surface area contributed by atoms with Gasteiger partial charge in [0.15, 0.2) is 0 Å². The Labute approximate surface area is 103 Å². The fraction of sp³-hybridized carbons (Fsp3) is 0.400. The molecule has 0 aromatic heterocycles. The van der Waals surface area contributed by atoms with E-state index in [4.69, 9.17) is 0 Å². The predicted octanol–water partition coefficient (Wildman–Crippen LogP) is 2.10. The molecule has 1 aromatic carbocycles.